The second-order valence-corrected chi connectivity index (χ2v) is 17.4. The molecule has 10 aromatic rings. The highest BCUT2D eigenvalue weighted by Gasteiger charge is 2.24. The first-order valence-electron chi connectivity index (χ1n) is 19.4. The zero-order valence-electron chi connectivity index (χ0n) is 33.4. The lowest BCUT2D eigenvalue weighted by Crippen LogP contribution is -2.57. The molecule has 0 bridgehead atoms. The average molecular weight is 800 g/mol. The minimum absolute atomic E-state index is 0.00895. The monoisotopic (exact) mass is 802 g/mol. The van der Waals surface area contributed by atoms with Crippen molar-refractivity contribution in [1.82, 2.24) is 9.97 Å². The van der Waals surface area contributed by atoms with Crippen LogP contribution in [0.4, 0.5) is 0 Å². The molecule has 260 valence electrons. The van der Waals surface area contributed by atoms with Gasteiger partial charge in [-0.15, -0.1) is 44.5 Å². The Morgan fingerprint density at radius 3 is 1.49 bits per heavy atom. The summed E-state index contributed by atoms with van der Waals surface area (Å²) < 4.78 is 4.37. The second kappa shape index (κ2) is 15.6. The van der Waals surface area contributed by atoms with Gasteiger partial charge in [0.25, 0.3) is 0 Å². The number of hydrogen-bond donors (Lipinski definition) is 0. The summed E-state index contributed by atoms with van der Waals surface area (Å²) in [7, 11) is 85.3. The van der Waals surface area contributed by atoms with E-state index in [1.807, 2.05) is 18.2 Å². The van der Waals surface area contributed by atoms with Crippen LogP contribution in [0.5, 0.6) is 0 Å². The van der Waals surface area contributed by atoms with Crippen molar-refractivity contribution in [3.63, 3.8) is 0 Å². The topological polar surface area (TPSA) is 25.8 Å². The van der Waals surface area contributed by atoms with Crippen LogP contribution in [0.1, 0.15) is 0 Å². The van der Waals surface area contributed by atoms with Gasteiger partial charge in [-0.1, -0.05) is 110 Å². The van der Waals surface area contributed by atoms with Crippen LogP contribution in [0.2, 0.25) is 0 Å². The van der Waals surface area contributed by atoms with Crippen molar-refractivity contribution in [3.8, 4) is 55.8 Å². The molecule has 63 heavy (non-hydrogen) atoms. The quantitative estimate of drug-likeness (QED) is 0.186. The number of rotatable bonds is 5. The molecular formula is C46H15B13N2S2. The van der Waals surface area contributed by atoms with Gasteiger partial charge in [-0.25, -0.2) is 9.97 Å². The maximum absolute atomic E-state index is 7.04. The van der Waals surface area contributed by atoms with Crippen LogP contribution in [0, 0.1) is 0 Å². The molecule has 0 spiro atoms. The highest BCUT2D eigenvalue weighted by Crippen LogP contribution is 2.42. The van der Waals surface area contributed by atoms with Crippen molar-refractivity contribution in [2.75, 3.05) is 0 Å². The van der Waals surface area contributed by atoms with Gasteiger partial charge in [0.1, 0.15) is 108 Å². The molecule has 7 aromatic carbocycles. The van der Waals surface area contributed by atoms with E-state index in [4.69, 9.17) is 112 Å². The molecule has 0 saturated carbocycles. The zero-order chi connectivity index (χ0) is 44.3. The molecule has 0 aliphatic carbocycles. The van der Waals surface area contributed by atoms with Gasteiger partial charge in [-0.3, -0.25) is 0 Å². The maximum Gasteiger partial charge on any atom is 0.116 e. The summed E-state index contributed by atoms with van der Waals surface area (Å²) in [6, 6.07) is 29.3. The van der Waals surface area contributed by atoms with Gasteiger partial charge in [0.05, 0.1) is 15.9 Å². The number of thiophene rings is 2. The van der Waals surface area contributed by atoms with Crippen molar-refractivity contribution in [1.29, 1.82) is 0 Å². The lowest BCUT2D eigenvalue weighted by molar-refractivity contribution is 1.24. The molecule has 0 amide bonds. The van der Waals surface area contributed by atoms with Gasteiger partial charge in [0.15, 0.2) is 0 Å². The number of hydrogen-bond acceptors (Lipinski definition) is 4. The Labute approximate surface area is 390 Å². The van der Waals surface area contributed by atoms with Crippen LogP contribution in [-0.2, 0) is 0 Å². The van der Waals surface area contributed by atoms with E-state index >= 15 is 0 Å². The van der Waals surface area contributed by atoms with E-state index in [-0.39, 0.29) is 93.3 Å². The first kappa shape index (κ1) is 41.9. The van der Waals surface area contributed by atoms with E-state index in [9.17, 15) is 0 Å². The standard InChI is InChI=1S/C46H15B13N2S2/c47-30-25(31(48)39(56)36(53)26(30)27-32(49)34(51)28(35(52)33(27)50)29-37(54)40(57)42(59)41(58)38(29)55)17-11-12-24-22(14-17)44-46(63-24)43(60-15-61-44)18-6-3-5-16(13-18)19-8-4-9-21-20-7-1-2-10-23(20)62-45(19)21/h1-15H. The average Bonchev–Trinajstić information content (AvgIpc) is 3.87. The second-order valence-electron chi connectivity index (χ2n) is 15.3. The first-order chi connectivity index (χ1) is 30.2. The molecule has 0 atom stereocenters. The molecule has 0 saturated heterocycles. The zero-order valence-corrected chi connectivity index (χ0v) is 35.0. The van der Waals surface area contributed by atoms with Crippen LogP contribution >= 0.6 is 22.7 Å². The lowest BCUT2D eigenvalue weighted by Gasteiger charge is -2.31. The molecule has 17 heteroatoms. The van der Waals surface area contributed by atoms with Crippen LogP contribution < -0.4 is 71.0 Å². The molecule has 2 nitrogen and oxygen atoms in total. The van der Waals surface area contributed by atoms with Gasteiger partial charge < -0.3 is 0 Å². The normalized spacial score (nSPS) is 11.7. The SMILES string of the molecule is [B]c1c([B])c([B])c(-c2c([B])c([B])c(-c3c([B])c([B])c([B])c(-c4ccc5sc6c(-c7cccc(-c8cccc9c8sc8ccccc89)c7)ncnc6c5c4)c3[B])c([B])c2[B])c([B])c1[B]. The molecule has 26 radical (unpaired) electrons. The molecule has 0 aliphatic heterocycles. The highest BCUT2D eigenvalue weighted by molar-refractivity contribution is 7.26. The minimum atomic E-state index is -0.0428. The fraction of sp³-hybridized carbons (Fsp3) is 0. The van der Waals surface area contributed by atoms with Gasteiger partial charge in [0, 0.05) is 35.8 Å². The fourth-order valence-electron chi connectivity index (χ4n) is 8.64. The fourth-order valence-corrected chi connectivity index (χ4v) is 11.0. The summed E-state index contributed by atoms with van der Waals surface area (Å²) in [6.45, 7) is 0. The van der Waals surface area contributed by atoms with E-state index in [0.717, 1.165) is 42.7 Å². The number of nitrogens with zero attached hydrogens (tertiary/aromatic N) is 2. The smallest absolute Gasteiger partial charge is 0.116 e. The Morgan fingerprint density at radius 1 is 0.333 bits per heavy atom. The summed E-state index contributed by atoms with van der Waals surface area (Å²) in [5.74, 6) is 0. The Hall–Kier alpha value is -5.10. The third-order valence-corrected chi connectivity index (χ3v) is 14.3. The summed E-state index contributed by atoms with van der Waals surface area (Å²) in [6.07, 6.45) is 1.58. The van der Waals surface area contributed by atoms with E-state index in [0.29, 0.717) is 11.1 Å². The summed E-state index contributed by atoms with van der Waals surface area (Å²) >= 11 is 3.39. The predicted molar refractivity (Wildman–Crippen MR) is 285 cm³/mol. The van der Waals surface area contributed by atoms with Crippen LogP contribution in [0.25, 0.3) is 96.2 Å². The molecule has 0 fully saturated rings. The van der Waals surface area contributed by atoms with Crippen molar-refractivity contribution < 1.29 is 0 Å². The molecule has 0 N–H and O–H groups in total. The van der Waals surface area contributed by atoms with Crippen LogP contribution in [0.3, 0.4) is 0 Å². The van der Waals surface area contributed by atoms with E-state index < -0.39 is 0 Å². The van der Waals surface area contributed by atoms with Gasteiger partial charge in [0.2, 0.25) is 0 Å². The van der Waals surface area contributed by atoms with E-state index in [2.05, 4.69) is 66.7 Å². The van der Waals surface area contributed by atoms with Gasteiger partial charge >= 0.3 is 0 Å². The molecule has 10 rings (SSSR count). The van der Waals surface area contributed by atoms with Gasteiger partial charge in [-0.2, -0.15) is 0 Å². The summed E-state index contributed by atoms with van der Waals surface area (Å²) in [5.41, 5.74) is 6.52. The van der Waals surface area contributed by atoms with Gasteiger partial charge in [-0.05, 0) is 68.8 Å². The van der Waals surface area contributed by atoms with Crippen molar-refractivity contribution >= 4 is 236 Å². The molecule has 3 heterocycles. The minimum Gasteiger partial charge on any atom is -0.235 e. The predicted octanol–water partition coefficient (Wildman–Crippen LogP) is -2.13. The number of benzene rings is 7. The third-order valence-electron chi connectivity index (χ3n) is 11.9. The Balaban J connectivity index is 1.11. The Morgan fingerprint density at radius 2 is 0.825 bits per heavy atom. The van der Waals surface area contributed by atoms with Crippen molar-refractivity contribution in [2.24, 2.45) is 0 Å². The summed E-state index contributed by atoms with van der Waals surface area (Å²) in [5, 5.41) is 3.34. The van der Waals surface area contributed by atoms with E-state index in [1.165, 1.54) is 20.2 Å². The number of aromatic nitrogens is 2. The van der Waals surface area contributed by atoms with Crippen molar-refractivity contribution in [3.05, 3.63) is 91.3 Å². The highest BCUT2D eigenvalue weighted by atomic mass is 32.1. The molecule has 0 unspecified atom stereocenters. The maximum atomic E-state index is 7.04. The van der Waals surface area contributed by atoms with Crippen LogP contribution in [-0.4, -0.2) is 112 Å². The van der Waals surface area contributed by atoms with Crippen molar-refractivity contribution in [2.45, 2.75) is 0 Å². The summed E-state index contributed by atoms with van der Waals surface area (Å²) in [4.78, 5) is 9.59. The molecule has 0 aliphatic rings. The van der Waals surface area contributed by atoms with E-state index in [1.54, 1.807) is 29.0 Å². The third kappa shape index (κ3) is 6.31. The largest absolute Gasteiger partial charge is 0.235 e. The van der Waals surface area contributed by atoms with Crippen LogP contribution in [0.15, 0.2) is 91.3 Å². The first-order valence-corrected chi connectivity index (χ1v) is 21.0. The lowest BCUT2D eigenvalue weighted by atomic mass is 9.54. The molecular weight excluding hydrogens is 785 g/mol. The number of fused-ring (bicyclic) bond motifs is 6. The Bertz CT molecular complexity index is 3580. The molecule has 3 aromatic heterocycles. The Kier molecular flexibility index (Phi) is 10.3.